The fraction of sp³-hybridized carbons (Fsp3) is 0.455. The second-order valence-corrected chi connectivity index (χ2v) is 11.0. The topological polar surface area (TPSA) is 41.5 Å². The van der Waals surface area contributed by atoms with Gasteiger partial charge in [-0.1, -0.05) is 49.9 Å². The van der Waals surface area contributed by atoms with Crippen LogP contribution in [0.3, 0.4) is 0 Å². The number of aliphatic hydroxyl groups is 1. The third-order valence-corrected chi connectivity index (χ3v) is 7.07. The van der Waals surface area contributed by atoms with Gasteiger partial charge in [0.25, 0.3) is 0 Å². The first-order valence-corrected chi connectivity index (χ1v) is 11.0. The maximum absolute atomic E-state index is 9.29. The number of fused-ring (bicyclic) bond motifs is 1. The highest BCUT2D eigenvalue weighted by Gasteiger charge is 2.24. The van der Waals surface area contributed by atoms with E-state index in [1.807, 2.05) is 37.4 Å². The summed E-state index contributed by atoms with van der Waals surface area (Å²) in [4.78, 5) is 2.58. The summed E-state index contributed by atoms with van der Waals surface area (Å²) in [5.41, 5.74) is 2.05. The zero-order valence-corrected chi connectivity index (χ0v) is 18.1. The zero-order valence-electron chi connectivity index (χ0n) is 16.5. The molecule has 1 unspecified atom stereocenters. The fourth-order valence-electron chi connectivity index (χ4n) is 2.84. The molecule has 27 heavy (non-hydrogen) atoms. The number of thioether (sulfide) groups is 2. The molecule has 2 N–H and O–H groups in total. The predicted molar refractivity (Wildman–Crippen MR) is 117 cm³/mol. The molecule has 2 aromatic rings. The Kier molecular flexibility index (Phi) is 6.46. The van der Waals surface area contributed by atoms with Crippen LogP contribution in [0, 0.1) is 0 Å². The number of nitrogens with one attached hydrogen (secondary N) is 1. The van der Waals surface area contributed by atoms with Crippen LogP contribution in [0.15, 0.2) is 58.3 Å². The normalized spacial score (nSPS) is 16.9. The molecule has 146 valence electrons. The minimum atomic E-state index is -0.466. The molecular weight excluding hydrogens is 374 g/mol. The maximum atomic E-state index is 9.29. The number of para-hydroxylation sites is 1. The van der Waals surface area contributed by atoms with Crippen LogP contribution >= 0.6 is 23.5 Å². The number of hydrogen-bond donors (Lipinski definition) is 2. The summed E-state index contributed by atoms with van der Waals surface area (Å²) in [6, 6.07) is 17.3. The number of benzene rings is 2. The first-order valence-electron chi connectivity index (χ1n) is 9.34. The molecule has 0 bridgehead atoms. The Balaban J connectivity index is 1.54. The molecule has 0 fully saturated rings. The molecule has 0 saturated heterocycles. The molecule has 1 atom stereocenters. The van der Waals surface area contributed by atoms with Crippen LogP contribution in [0.25, 0.3) is 0 Å². The van der Waals surface area contributed by atoms with Crippen molar-refractivity contribution < 1.29 is 9.84 Å². The molecule has 1 aliphatic rings. The van der Waals surface area contributed by atoms with E-state index in [0.29, 0.717) is 6.61 Å². The lowest BCUT2D eigenvalue weighted by Crippen LogP contribution is -2.31. The molecule has 0 aromatic heterocycles. The summed E-state index contributed by atoms with van der Waals surface area (Å²) in [5.74, 6) is 0. The second-order valence-electron chi connectivity index (χ2n) is 8.09. The van der Waals surface area contributed by atoms with Crippen molar-refractivity contribution in [1.29, 1.82) is 0 Å². The molecule has 0 spiro atoms. The molecule has 2 aromatic carbocycles. The lowest BCUT2D eigenvalue weighted by molar-refractivity contribution is -0.0556. The van der Waals surface area contributed by atoms with Crippen LogP contribution in [0.1, 0.15) is 45.1 Å². The Morgan fingerprint density at radius 2 is 1.78 bits per heavy atom. The highest BCUT2D eigenvalue weighted by Crippen LogP contribution is 2.46. The van der Waals surface area contributed by atoms with Crippen molar-refractivity contribution in [1.82, 2.24) is 0 Å². The minimum Gasteiger partial charge on any atom is -0.393 e. The molecule has 0 amide bonds. The van der Waals surface area contributed by atoms with E-state index >= 15 is 0 Å². The molecule has 0 aliphatic carbocycles. The summed E-state index contributed by atoms with van der Waals surface area (Å²) in [5, 5.41) is 13.2. The Hall–Kier alpha value is -1.14. The summed E-state index contributed by atoms with van der Waals surface area (Å²) >= 11 is 3.74. The highest BCUT2D eigenvalue weighted by molar-refractivity contribution is 8.00. The number of anilines is 1. The molecule has 1 aliphatic heterocycles. The fourth-order valence-corrected chi connectivity index (χ4v) is 5.08. The van der Waals surface area contributed by atoms with Gasteiger partial charge in [0.05, 0.1) is 12.2 Å². The summed E-state index contributed by atoms with van der Waals surface area (Å²) in [6.07, 6.45) is 0.929. The average Bonchev–Trinajstić information content (AvgIpc) is 3.06. The lowest BCUT2D eigenvalue weighted by Gasteiger charge is -2.28. The van der Waals surface area contributed by atoms with Crippen molar-refractivity contribution in [2.24, 2.45) is 0 Å². The van der Waals surface area contributed by atoms with Gasteiger partial charge >= 0.3 is 0 Å². The maximum Gasteiger partial charge on any atom is 0.103 e. The number of ether oxygens (including phenoxy) is 1. The molecular formula is C22H29NO2S2. The Labute approximate surface area is 171 Å². The van der Waals surface area contributed by atoms with Gasteiger partial charge in [-0.05, 0) is 50.1 Å². The molecule has 3 rings (SSSR count). The average molecular weight is 404 g/mol. The summed E-state index contributed by atoms with van der Waals surface area (Å²) < 4.78 is 5.87. The zero-order chi connectivity index (χ0) is 19.5. The van der Waals surface area contributed by atoms with Gasteiger partial charge in [0.15, 0.2) is 0 Å². The quantitative estimate of drug-likeness (QED) is 0.533. The van der Waals surface area contributed by atoms with Gasteiger partial charge in [0.2, 0.25) is 0 Å². The van der Waals surface area contributed by atoms with Crippen LogP contribution in [0.5, 0.6) is 0 Å². The van der Waals surface area contributed by atoms with Gasteiger partial charge in [-0.3, -0.25) is 0 Å². The number of aliphatic hydroxyl groups excluding tert-OH is 1. The molecule has 1 heterocycles. The SMILES string of the molecule is CC(C)(CO)OCCC(C)(C)Sc1ccc(C2Nc3ccccc3S2)cc1. The first-order chi connectivity index (χ1) is 12.8. The molecule has 3 nitrogen and oxygen atoms in total. The van der Waals surface area contributed by atoms with E-state index in [1.165, 1.54) is 21.0 Å². The van der Waals surface area contributed by atoms with Crippen molar-refractivity contribution in [3.63, 3.8) is 0 Å². The summed E-state index contributed by atoms with van der Waals surface area (Å²) in [7, 11) is 0. The van der Waals surface area contributed by atoms with E-state index in [1.54, 1.807) is 0 Å². The number of rotatable bonds is 8. The first kappa shape index (κ1) is 20.6. The monoisotopic (exact) mass is 403 g/mol. The second kappa shape index (κ2) is 8.48. The van der Waals surface area contributed by atoms with Crippen LogP contribution in [0.2, 0.25) is 0 Å². The van der Waals surface area contributed by atoms with Gasteiger partial charge < -0.3 is 15.2 Å². The molecule has 5 heteroatoms. The van der Waals surface area contributed by atoms with Crippen LogP contribution in [0.4, 0.5) is 5.69 Å². The lowest BCUT2D eigenvalue weighted by atomic mass is 10.1. The van der Waals surface area contributed by atoms with Gasteiger partial charge in [0, 0.05) is 26.8 Å². The minimum absolute atomic E-state index is 0.0408. The summed E-state index contributed by atoms with van der Waals surface area (Å²) in [6.45, 7) is 9.00. The largest absolute Gasteiger partial charge is 0.393 e. The van der Waals surface area contributed by atoms with E-state index in [0.717, 1.165) is 6.42 Å². The van der Waals surface area contributed by atoms with Gasteiger partial charge in [-0.2, -0.15) is 0 Å². The van der Waals surface area contributed by atoms with E-state index in [9.17, 15) is 5.11 Å². The smallest absolute Gasteiger partial charge is 0.103 e. The van der Waals surface area contributed by atoms with E-state index in [4.69, 9.17) is 4.74 Å². The molecule has 0 radical (unpaired) electrons. The van der Waals surface area contributed by atoms with Crippen LogP contribution < -0.4 is 5.32 Å². The number of hydrogen-bond acceptors (Lipinski definition) is 5. The Morgan fingerprint density at radius 3 is 2.44 bits per heavy atom. The third kappa shape index (κ3) is 5.67. The van der Waals surface area contributed by atoms with E-state index in [-0.39, 0.29) is 16.7 Å². The van der Waals surface area contributed by atoms with Crippen LogP contribution in [-0.4, -0.2) is 28.7 Å². The van der Waals surface area contributed by atoms with Crippen molar-refractivity contribution in [3.05, 3.63) is 54.1 Å². The predicted octanol–water partition coefficient (Wildman–Crippen LogP) is 5.95. The van der Waals surface area contributed by atoms with Crippen molar-refractivity contribution in [2.75, 3.05) is 18.5 Å². The van der Waals surface area contributed by atoms with Crippen molar-refractivity contribution in [3.8, 4) is 0 Å². The van der Waals surface area contributed by atoms with E-state index < -0.39 is 5.60 Å². The van der Waals surface area contributed by atoms with E-state index in [2.05, 4.69) is 67.7 Å². The van der Waals surface area contributed by atoms with Crippen molar-refractivity contribution >= 4 is 29.2 Å². The van der Waals surface area contributed by atoms with Crippen molar-refractivity contribution in [2.45, 2.75) is 59.6 Å². The third-order valence-electron chi connectivity index (χ3n) is 4.57. The highest BCUT2D eigenvalue weighted by atomic mass is 32.2. The Morgan fingerprint density at radius 1 is 1.07 bits per heavy atom. The molecule has 0 saturated carbocycles. The standard InChI is InChI=1S/C22H29NO2S2/c1-21(2,15-24)25-14-13-22(3,4)27-17-11-9-16(10-12-17)20-23-18-7-5-6-8-19(18)26-20/h5-12,20,23-24H,13-15H2,1-4H3. The van der Waals surface area contributed by atoms with Gasteiger partial charge in [-0.25, -0.2) is 0 Å². The van der Waals surface area contributed by atoms with Crippen LogP contribution in [-0.2, 0) is 4.74 Å². The van der Waals surface area contributed by atoms with Gasteiger partial charge in [-0.15, -0.1) is 11.8 Å². The van der Waals surface area contributed by atoms with Gasteiger partial charge in [0.1, 0.15) is 5.37 Å². The Bertz CT molecular complexity index is 734.